The van der Waals surface area contributed by atoms with Gasteiger partial charge in [-0.05, 0) is 5.56 Å². The van der Waals surface area contributed by atoms with Gasteiger partial charge in [-0.15, -0.1) is 0 Å². The molecular weight excluding hydrogens is 140 g/mol. The van der Waals surface area contributed by atoms with Crippen molar-refractivity contribution >= 4 is 0 Å². The Balaban J connectivity index is 2.28. The van der Waals surface area contributed by atoms with E-state index >= 15 is 0 Å². The van der Waals surface area contributed by atoms with E-state index in [1.807, 2.05) is 30.3 Å². The zero-order valence-corrected chi connectivity index (χ0v) is 6.29. The average Bonchev–Trinajstić information content (AvgIpc) is 2.07. The molecule has 0 radical (unpaired) electrons. The van der Waals surface area contributed by atoms with E-state index in [1.165, 1.54) is 0 Å². The molecule has 0 aliphatic rings. The van der Waals surface area contributed by atoms with Crippen molar-refractivity contribution in [1.29, 1.82) is 0 Å². The zero-order valence-electron chi connectivity index (χ0n) is 6.29. The lowest BCUT2D eigenvalue weighted by molar-refractivity contribution is 0.0297. The van der Waals surface area contributed by atoms with Crippen LogP contribution in [0.25, 0.3) is 0 Å². The highest BCUT2D eigenvalue weighted by Crippen LogP contribution is 1.98. The highest BCUT2D eigenvalue weighted by molar-refractivity contribution is 5.13. The molecule has 0 aliphatic carbocycles. The first-order valence-electron chi connectivity index (χ1n) is 3.52. The van der Waals surface area contributed by atoms with E-state index in [9.17, 15) is 0 Å². The Morgan fingerprint density at radius 2 is 2.00 bits per heavy atom. The Bertz CT molecular complexity index is 189. The number of nitrogens with one attached hydrogen (secondary N) is 1. The maximum Gasteiger partial charge on any atom is 0.0933 e. The summed E-state index contributed by atoms with van der Waals surface area (Å²) >= 11 is 0. The number of nitrogens with two attached hydrogens (primary N) is 1. The molecule has 1 aromatic carbocycles. The molecule has 0 fully saturated rings. The van der Waals surface area contributed by atoms with E-state index in [0.717, 1.165) is 5.56 Å². The fourth-order valence-corrected chi connectivity index (χ4v) is 0.768. The van der Waals surface area contributed by atoms with Crippen LogP contribution in [0.2, 0.25) is 0 Å². The highest BCUT2D eigenvalue weighted by Gasteiger charge is 1.88. The van der Waals surface area contributed by atoms with Gasteiger partial charge in [-0.2, -0.15) is 5.48 Å². The van der Waals surface area contributed by atoms with Gasteiger partial charge in [-0.3, -0.25) is 4.84 Å². The van der Waals surface area contributed by atoms with Gasteiger partial charge in [0.2, 0.25) is 0 Å². The summed E-state index contributed by atoms with van der Waals surface area (Å²) in [5, 5.41) is 0. The van der Waals surface area contributed by atoms with Gasteiger partial charge in [0.25, 0.3) is 0 Å². The van der Waals surface area contributed by atoms with Crippen molar-refractivity contribution in [3.63, 3.8) is 0 Å². The number of benzene rings is 1. The first-order chi connectivity index (χ1) is 5.43. The second-order valence-corrected chi connectivity index (χ2v) is 2.12. The maximum absolute atomic E-state index is 5.16. The molecule has 3 N–H and O–H groups in total. The quantitative estimate of drug-likeness (QED) is 0.378. The smallest absolute Gasteiger partial charge is 0.0933 e. The van der Waals surface area contributed by atoms with Crippen LogP contribution in [-0.2, 0) is 11.4 Å². The lowest BCUT2D eigenvalue weighted by Gasteiger charge is -2.01. The standard InChI is InChI=1S/C8H12N2O/c9-7-10-11-6-8-4-2-1-3-5-8/h1-5,10H,6-7,9H2. The molecule has 3 heteroatoms. The summed E-state index contributed by atoms with van der Waals surface area (Å²) in [5.41, 5.74) is 8.86. The van der Waals surface area contributed by atoms with Crippen LogP contribution in [0.3, 0.4) is 0 Å². The van der Waals surface area contributed by atoms with Gasteiger partial charge in [0.05, 0.1) is 13.3 Å². The first kappa shape index (κ1) is 8.20. The van der Waals surface area contributed by atoms with Crippen molar-refractivity contribution in [2.75, 3.05) is 6.67 Å². The minimum absolute atomic E-state index is 0.340. The van der Waals surface area contributed by atoms with Crippen LogP contribution in [0.1, 0.15) is 5.56 Å². The highest BCUT2D eigenvalue weighted by atomic mass is 16.6. The number of hydrogen-bond acceptors (Lipinski definition) is 3. The zero-order chi connectivity index (χ0) is 7.94. The fourth-order valence-electron chi connectivity index (χ4n) is 0.768. The molecule has 0 amide bonds. The molecule has 0 saturated heterocycles. The Morgan fingerprint density at radius 3 is 2.64 bits per heavy atom. The summed E-state index contributed by atoms with van der Waals surface area (Å²) in [5.74, 6) is 0. The number of rotatable bonds is 4. The van der Waals surface area contributed by atoms with Gasteiger partial charge in [0, 0.05) is 0 Å². The monoisotopic (exact) mass is 152 g/mol. The fraction of sp³-hybridized carbons (Fsp3) is 0.250. The van der Waals surface area contributed by atoms with E-state index in [-0.39, 0.29) is 0 Å². The van der Waals surface area contributed by atoms with Gasteiger partial charge in [0.1, 0.15) is 0 Å². The largest absolute Gasteiger partial charge is 0.317 e. The summed E-state index contributed by atoms with van der Waals surface area (Å²) in [7, 11) is 0. The SMILES string of the molecule is NCNOCc1ccccc1. The van der Waals surface area contributed by atoms with Crippen molar-refractivity contribution in [3.05, 3.63) is 35.9 Å². The third kappa shape index (κ3) is 3.13. The minimum Gasteiger partial charge on any atom is -0.317 e. The molecule has 60 valence electrons. The third-order valence-electron chi connectivity index (χ3n) is 1.27. The first-order valence-corrected chi connectivity index (χ1v) is 3.52. The molecule has 0 atom stereocenters. The average molecular weight is 152 g/mol. The second-order valence-electron chi connectivity index (χ2n) is 2.12. The van der Waals surface area contributed by atoms with E-state index in [4.69, 9.17) is 10.6 Å². The predicted molar refractivity (Wildman–Crippen MR) is 43.4 cm³/mol. The second kappa shape index (κ2) is 4.85. The predicted octanol–water partition coefficient (Wildman–Crippen LogP) is 0.624. The Labute approximate surface area is 66.1 Å². The van der Waals surface area contributed by atoms with Gasteiger partial charge in [-0.1, -0.05) is 30.3 Å². The summed E-state index contributed by atoms with van der Waals surface area (Å²) in [6.07, 6.45) is 0. The van der Waals surface area contributed by atoms with Gasteiger partial charge in [-0.25, -0.2) is 0 Å². The van der Waals surface area contributed by atoms with Gasteiger partial charge < -0.3 is 5.73 Å². The van der Waals surface area contributed by atoms with Crippen molar-refractivity contribution in [2.45, 2.75) is 6.61 Å². The van der Waals surface area contributed by atoms with E-state index in [0.29, 0.717) is 13.3 Å². The molecule has 0 saturated carbocycles. The lowest BCUT2D eigenvalue weighted by atomic mass is 10.2. The molecule has 1 aromatic rings. The molecule has 0 heterocycles. The Kier molecular flexibility index (Phi) is 3.61. The summed E-state index contributed by atoms with van der Waals surface area (Å²) in [4.78, 5) is 4.99. The molecule has 11 heavy (non-hydrogen) atoms. The maximum atomic E-state index is 5.16. The summed E-state index contributed by atoms with van der Waals surface area (Å²) in [6, 6.07) is 9.92. The summed E-state index contributed by atoms with van der Waals surface area (Å²) < 4.78 is 0. The van der Waals surface area contributed by atoms with Crippen LogP contribution >= 0.6 is 0 Å². The van der Waals surface area contributed by atoms with Crippen LogP contribution in [0.15, 0.2) is 30.3 Å². The molecule has 1 rings (SSSR count). The topological polar surface area (TPSA) is 47.3 Å². The number of hydrogen-bond donors (Lipinski definition) is 2. The molecular formula is C8H12N2O. The van der Waals surface area contributed by atoms with Crippen molar-refractivity contribution in [1.82, 2.24) is 5.48 Å². The lowest BCUT2D eigenvalue weighted by Crippen LogP contribution is -2.22. The van der Waals surface area contributed by atoms with Gasteiger partial charge in [0.15, 0.2) is 0 Å². The molecule has 0 unspecified atom stereocenters. The normalized spacial score (nSPS) is 9.91. The van der Waals surface area contributed by atoms with E-state index in [1.54, 1.807) is 0 Å². The molecule has 0 aromatic heterocycles. The molecule has 3 nitrogen and oxygen atoms in total. The number of hydroxylamine groups is 1. The van der Waals surface area contributed by atoms with Crippen LogP contribution in [0.5, 0.6) is 0 Å². The van der Waals surface area contributed by atoms with Crippen LogP contribution < -0.4 is 11.2 Å². The molecule has 0 aliphatic heterocycles. The summed E-state index contributed by atoms with van der Waals surface area (Å²) in [6.45, 7) is 0.894. The third-order valence-corrected chi connectivity index (χ3v) is 1.27. The van der Waals surface area contributed by atoms with E-state index in [2.05, 4.69) is 5.48 Å². The van der Waals surface area contributed by atoms with Crippen molar-refractivity contribution in [3.8, 4) is 0 Å². The molecule has 0 bridgehead atoms. The van der Waals surface area contributed by atoms with Crippen LogP contribution in [0.4, 0.5) is 0 Å². The van der Waals surface area contributed by atoms with Crippen LogP contribution in [-0.4, -0.2) is 6.67 Å². The Hall–Kier alpha value is -0.900. The van der Waals surface area contributed by atoms with Crippen molar-refractivity contribution < 1.29 is 4.84 Å². The van der Waals surface area contributed by atoms with Crippen molar-refractivity contribution in [2.24, 2.45) is 5.73 Å². The molecule has 0 spiro atoms. The van der Waals surface area contributed by atoms with E-state index < -0.39 is 0 Å². The van der Waals surface area contributed by atoms with Crippen LogP contribution in [0, 0.1) is 0 Å². The van der Waals surface area contributed by atoms with Gasteiger partial charge >= 0.3 is 0 Å². The Morgan fingerprint density at radius 1 is 1.27 bits per heavy atom. The minimum atomic E-state index is 0.340.